The highest BCUT2D eigenvalue weighted by molar-refractivity contribution is 8.76. The molecule has 352 valence electrons. The number of carbonyl (C=O) groups is 1. The number of guanidine groups is 1. The summed E-state index contributed by atoms with van der Waals surface area (Å²) in [5, 5.41) is 42.1. The molecule has 2 aromatic carbocycles. The molecule has 2 fully saturated rings. The van der Waals surface area contributed by atoms with Crippen LogP contribution in [-0.4, -0.2) is 96.1 Å². The number of hydrogen-bond donors (Lipinski definition) is 6. The third-order valence-electron chi connectivity index (χ3n) is 15.0. The molecule has 2 aromatic rings. The fraction of sp³-hybridized carbons (Fsp3) is 0.647. The van der Waals surface area contributed by atoms with Gasteiger partial charge in [0.2, 0.25) is 6.29 Å². The number of aliphatic imine (C=N–C) groups is 1. The molecule has 9 rings (SSSR count). The third-order valence-corrected chi connectivity index (χ3v) is 17.4. The van der Waals surface area contributed by atoms with Gasteiger partial charge in [0.15, 0.2) is 29.0 Å². The van der Waals surface area contributed by atoms with E-state index in [-0.39, 0.29) is 72.6 Å². The van der Waals surface area contributed by atoms with E-state index in [0.717, 1.165) is 73.1 Å². The minimum absolute atomic E-state index is 0.0234. The second-order valence-corrected chi connectivity index (χ2v) is 21.9. The Morgan fingerprint density at radius 1 is 0.985 bits per heavy atom. The van der Waals surface area contributed by atoms with Crippen LogP contribution >= 0.6 is 21.6 Å². The van der Waals surface area contributed by atoms with Crippen LogP contribution in [0, 0.1) is 59.2 Å². The summed E-state index contributed by atoms with van der Waals surface area (Å²) < 4.78 is 25.2. The van der Waals surface area contributed by atoms with Gasteiger partial charge in [-0.05, 0) is 92.7 Å². The van der Waals surface area contributed by atoms with Gasteiger partial charge >= 0.3 is 0 Å². The molecule has 7 N–H and O–H groups in total. The molecule has 65 heavy (non-hydrogen) atoms. The van der Waals surface area contributed by atoms with E-state index >= 15 is 0 Å². The highest BCUT2D eigenvalue weighted by atomic mass is 33.1. The van der Waals surface area contributed by atoms with Crippen molar-refractivity contribution < 1.29 is 39.1 Å². The van der Waals surface area contributed by atoms with Crippen LogP contribution in [-0.2, 0) is 35.2 Å². The molecule has 0 aromatic heterocycles. The first-order chi connectivity index (χ1) is 31.5. The highest BCUT2D eigenvalue weighted by Crippen LogP contribution is 2.50. The standard InChI is InChI=1S/C51H68N4O8S2/c1-30(2)44-28-65-64-27-42-41-25-40-33-13-18-38(57)24-37(56)17-12-32-14-20-45(58)47(61-4)39(32)10-7-8-34(23-33)46(48(40)63-49(41)59)62-29-53-51-21-6-5-9-36(51)22-31(26-60-3)11-15-35(51)16-19-43(42)54-50(52)55-44/h14,20,23,30-31,35-36,38,41-44,49,53,57-59H,5-6,8-9,11-13,15,17-18,21-22,24-29H2,1-4H3,(H3,52,54,55). The van der Waals surface area contributed by atoms with Crippen LogP contribution in [0.2, 0.25) is 0 Å². The molecule has 7 aliphatic rings. The summed E-state index contributed by atoms with van der Waals surface area (Å²) in [6, 6.07) is 5.08. The number of aliphatic hydroxyl groups is 2. The molecular weight excluding hydrogens is 861 g/mol. The van der Waals surface area contributed by atoms with Crippen LogP contribution in [0.4, 0.5) is 0 Å². The Morgan fingerprint density at radius 2 is 1.83 bits per heavy atom. The number of nitrogens with zero attached hydrogens (tertiary/aromatic N) is 1. The van der Waals surface area contributed by atoms with Crippen LogP contribution in [0.1, 0.15) is 106 Å². The zero-order chi connectivity index (χ0) is 45.7. The average molecular weight is 929 g/mol. The van der Waals surface area contributed by atoms with Crippen molar-refractivity contribution in [3.05, 3.63) is 46.0 Å². The topological polar surface area (TPSA) is 177 Å². The van der Waals surface area contributed by atoms with Gasteiger partial charge in [-0.2, -0.15) is 0 Å². The van der Waals surface area contributed by atoms with Crippen molar-refractivity contribution in [3.8, 4) is 46.7 Å². The fourth-order valence-electron chi connectivity index (χ4n) is 11.3. The van der Waals surface area contributed by atoms with E-state index in [1.807, 2.05) is 0 Å². The number of benzene rings is 2. The second-order valence-electron chi connectivity index (χ2n) is 19.4. The molecule has 2 saturated carbocycles. The SMILES string of the molecule is COCC1CCC2C#CC3NC(N)=NC(C(C)C)CSSCC3C3Cc4c5cc(c(c4OC3O)OCNC23CCCCC3C1)CC#Cc1c(ccc(O)c1OC)CCC(=O)CC(O)CC5. The van der Waals surface area contributed by atoms with Crippen molar-refractivity contribution in [2.24, 2.45) is 46.2 Å². The number of phenolic OH excluding ortho intramolecular Hbond substituents is 1. The Kier molecular flexibility index (Phi) is 15.8. The molecule has 10 unspecified atom stereocenters. The quantitative estimate of drug-likeness (QED) is 0.149. The molecule has 14 heteroatoms. The zero-order valence-electron chi connectivity index (χ0n) is 38.5. The number of ether oxygens (including phenoxy) is 4. The molecule has 4 aliphatic heterocycles. The maximum atomic E-state index is 13.3. The number of aromatic hydroxyl groups is 1. The predicted molar refractivity (Wildman–Crippen MR) is 257 cm³/mol. The monoisotopic (exact) mass is 928 g/mol. The van der Waals surface area contributed by atoms with E-state index in [4.69, 9.17) is 29.7 Å². The number of aryl methyl sites for hydroxylation is 2. The largest absolute Gasteiger partial charge is 0.504 e. The van der Waals surface area contributed by atoms with E-state index in [0.29, 0.717) is 72.2 Å². The number of nitrogens with two attached hydrogens (primary N) is 1. The van der Waals surface area contributed by atoms with E-state index < -0.39 is 18.4 Å². The van der Waals surface area contributed by atoms with Gasteiger partial charge < -0.3 is 45.3 Å². The summed E-state index contributed by atoms with van der Waals surface area (Å²) in [7, 11) is 6.87. The lowest BCUT2D eigenvalue weighted by Gasteiger charge is -2.48. The minimum atomic E-state index is -1.20. The van der Waals surface area contributed by atoms with Crippen molar-refractivity contribution >= 4 is 33.3 Å². The van der Waals surface area contributed by atoms with Gasteiger partial charge in [0.1, 0.15) is 12.5 Å². The van der Waals surface area contributed by atoms with Crippen molar-refractivity contribution in [3.63, 3.8) is 0 Å². The van der Waals surface area contributed by atoms with Crippen molar-refractivity contribution in [1.82, 2.24) is 10.6 Å². The van der Waals surface area contributed by atoms with Gasteiger partial charge in [0.05, 0.1) is 30.9 Å². The lowest BCUT2D eigenvalue weighted by atomic mass is 9.65. The van der Waals surface area contributed by atoms with Gasteiger partial charge in [-0.15, -0.1) is 0 Å². The number of carbonyl (C=O) groups excluding carboxylic acids is 1. The van der Waals surface area contributed by atoms with Crippen LogP contribution in [0.25, 0.3) is 0 Å². The zero-order valence-corrected chi connectivity index (χ0v) is 40.1. The normalized spacial score (nSPS) is 32.0. The molecule has 4 heterocycles. The van der Waals surface area contributed by atoms with E-state index in [1.165, 1.54) is 13.5 Å². The lowest BCUT2D eigenvalue weighted by Crippen LogP contribution is -2.58. The number of Topliss-reactive ketones (excluding diaryl/α,β-unsaturated/α-hetero) is 1. The third kappa shape index (κ3) is 10.7. The van der Waals surface area contributed by atoms with E-state index in [1.54, 1.807) is 40.8 Å². The molecule has 3 aliphatic carbocycles. The molecule has 6 bridgehead atoms. The minimum Gasteiger partial charge on any atom is -0.504 e. The van der Waals surface area contributed by atoms with E-state index in [9.17, 15) is 20.1 Å². The summed E-state index contributed by atoms with van der Waals surface area (Å²) in [6.07, 6.45) is 7.47. The first-order valence-corrected chi connectivity index (χ1v) is 26.3. The molecule has 12 nitrogen and oxygen atoms in total. The number of aliphatic hydroxyl groups excluding tert-OH is 2. The molecule has 0 radical (unpaired) electrons. The molecule has 10 atom stereocenters. The Hall–Kier alpha value is -3.76. The van der Waals surface area contributed by atoms with Gasteiger partial charge in [-0.25, -0.2) is 4.99 Å². The van der Waals surface area contributed by atoms with Gasteiger partial charge in [-0.3, -0.25) is 10.1 Å². The number of methoxy groups -OCH3 is 2. The smallest absolute Gasteiger partial charge is 0.201 e. The Morgan fingerprint density at radius 3 is 2.65 bits per heavy atom. The Balaban J connectivity index is 1.29. The molecule has 1 spiro atoms. The lowest BCUT2D eigenvalue weighted by molar-refractivity contribution is -0.121. The van der Waals surface area contributed by atoms with Crippen molar-refractivity contribution in [1.29, 1.82) is 0 Å². The van der Waals surface area contributed by atoms with Gasteiger partial charge in [0, 0.05) is 78.9 Å². The molecular formula is C51H68N4O8S2. The maximum absolute atomic E-state index is 13.3. The molecule has 0 amide bonds. The van der Waals surface area contributed by atoms with E-state index in [2.05, 4.69) is 54.2 Å². The number of rotatable bonds is 4. The number of nitrogens with one attached hydrogen (secondary N) is 2. The fourth-order valence-corrected chi connectivity index (χ4v) is 14.2. The van der Waals surface area contributed by atoms with Gasteiger partial charge in [-0.1, -0.05) is 84.1 Å². The first-order valence-electron chi connectivity index (χ1n) is 23.8. The maximum Gasteiger partial charge on any atom is 0.201 e. The number of hydrogen-bond acceptors (Lipinski definition) is 14. The number of ketones is 1. The Labute approximate surface area is 393 Å². The predicted octanol–water partition coefficient (Wildman–Crippen LogP) is 6.31. The highest BCUT2D eigenvalue weighted by Gasteiger charge is 2.49. The van der Waals surface area contributed by atoms with Gasteiger partial charge in [0.25, 0.3) is 0 Å². The number of phenols is 1. The van der Waals surface area contributed by atoms with Crippen LogP contribution in [0.5, 0.6) is 23.0 Å². The first kappa shape index (κ1) is 47.7. The molecule has 0 saturated heterocycles. The summed E-state index contributed by atoms with van der Waals surface area (Å²) in [5.74, 6) is 17.9. The Bertz CT molecular complexity index is 2200. The average Bonchev–Trinajstić information content (AvgIpc) is 3.43. The number of fused-ring (bicyclic) bond motifs is 6. The van der Waals surface area contributed by atoms with Crippen LogP contribution in [0.3, 0.4) is 0 Å². The second kappa shape index (κ2) is 21.5. The summed E-state index contributed by atoms with van der Waals surface area (Å²) >= 11 is 0. The summed E-state index contributed by atoms with van der Waals surface area (Å²) in [5.41, 5.74) is 10.5. The van der Waals surface area contributed by atoms with Crippen molar-refractivity contribution in [2.75, 3.05) is 39.1 Å². The summed E-state index contributed by atoms with van der Waals surface area (Å²) in [4.78, 5) is 18.3. The summed E-state index contributed by atoms with van der Waals surface area (Å²) in [6.45, 7) is 5.26. The van der Waals surface area contributed by atoms with Crippen molar-refractivity contribution in [2.45, 2.75) is 134 Å². The van der Waals surface area contributed by atoms with Crippen LogP contribution in [0.15, 0.2) is 23.2 Å². The van der Waals surface area contributed by atoms with Crippen LogP contribution < -0.4 is 30.6 Å².